The van der Waals surface area contributed by atoms with Crippen LogP contribution < -0.4 is 5.32 Å². The molecule has 270 valence electrons. The molecule has 12 rings (SSSR count). The molecule has 1 aliphatic carbocycles. The zero-order chi connectivity index (χ0) is 37.5. The number of nitrogens with one attached hydrogen (secondary N) is 1. The average Bonchev–Trinajstić information content (AvgIpc) is 3.97. The largest absolute Gasteiger partial charge is 0.456 e. The van der Waals surface area contributed by atoms with E-state index in [1.807, 2.05) is 47.7 Å². The van der Waals surface area contributed by atoms with Gasteiger partial charge < -0.3 is 14.3 Å². The van der Waals surface area contributed by atoms with Gasteiger partial charge in [0.15, 0.2) is 5.84 Å². The average molecular weight is 751 g/mol. The monoisotopic (exact) mass is 750 g/mol. The lowest BCUT2D eigenvalue weighted by Gasteiger charge is -2.24. The molecule has 1 unspecified atom stereocenters. The molecule has 0 spiro atoms. The number of rotatable bonds is 5. The van der Waals surface area contributed by atoms with Crippen molar-refractivity contribution in [3.63, 3.8) is 0 Å². The Bertz CT molecular complexity index is 3330. The summed E-state index contributed by atoms with van der Waals surface area (Å²) in [4.78, 5) is 10.3. The van der Waals surface area contributed by atoms with Crippen LogP contribution in [0.25, 0.3) is 75.9 Å². The van der Waals surface area contributed by atoms with Crippen LogP contribution in [0.15, 0.2) is 178 Å². The number of thiophene rings is 1. The van der Waals surface area contributed by atoms with Gasteiger partial charge in [-0.05, 0) is 42.7 Å². The lowest BCUT2D eigenvalue weighted by molar-refractivity contribution is 0.662. The van der Waals surface area contributed by atoms with E-state index in [4.69, 9.17) is 14.4 Å². The SMILES string of the molecule is C1=Cc2c(n(-c3cccc4c3sc3c(-c5cccc6oc7cccc(C8N=C(c9ccccc9)N=C(c9ccccc9)N8)c7c56)cccc34)c3ccccc23)CC1. The van der Waals surface area contributed by atoms with Crippen molar-refractivity contribution < 1.29 is 4.42 Å². The molecule has 1 aliphatic heterocycles. The van der Waals surface area contributed by atoms with Gasteiger partial charge in [0.25, 0.3) is 0 Å². The van der Waals surface area contributed by atoms with E-state index in [1.165, 1.54) is 53.6 Å². The molecule has 0 saturated carbocycles. The van der Waals surface area contributed by atoms with Gasteiger partial charge in [-0.3, -0.25) is 0 Å². The third-order valence-electron chi connectivity index (χ3n) is 11.6. The van der Waals surface area contributed by atoms with Crippen molar-refractivity contribution in [1.82, 2.24) is 9.88 Å². The smallest absolute Gasteiger partial charge is 0.159 e. The fourth-order valence-corrected chi connectivity index (χ4v) is 10.4. The van der Waals surface area contributed by atoms with E-state index >= 15 is 0 Å². The Morgan fingerprint density at radius 2 is 1.30 bits per heavy atom. The number of nitrogens with zero attached hydrogens (tertiary/aromatic N) is 3. The van der Waals surface area contributed by atoms with Crippen LogP contribution in [0.5, 0.6) is 0 Å². The van der Waals surface area contributed by atoms with Crippen molar-refractivity contribution in [2.75, 3.05) is 0 Å². The topological polar surface area (TPSA) is 54.8 Å². The first kappa shape index (κ1) is 32.2. The maximum Gasteiger partial charge on any atom is 0.159 e. The van der Waals surface area contributed by atoms with Gasteiger partial charge in [0.05, 0.1) is 15.9 Å². The summed E-state index contributed by atoms with van der Waals surface area (Å²) in [6.07, 6.45) is 6.31. The van der Waals surface area contributed by atoms with E-state index in [0.717, 1.165) is 62.9 Å². The van der Waals surface area contributed by atoms with Crippen LogP contribution >= 0.6 is 11.3 Å². The van der Waals surface area contributed by atoms with E-state index in [-0.39, 0.29) is 0 Å². The number of para-hydroxylation sites is 1. The van der Waals surface area contributed by atoms with Crippen LogP contribution in [-0.2, 0) is 6.42 Å². The summed E-state index contributed by atoms with van der Waals surface area (Å²) < 4.78 is 11.8. The van der Waals surface area contributed by atoms with Crippen LogP contribution in [0.3, 0.4) is 0 Å². The summed E-state index contributed by atoms with van der Waals surface area (Å²) >= 11 is 1.89. The Labute approximate surface area is 332 Å². The molecular formula is C51H34N4OS. The minimum Gasteiger partial charge on any atom is -0.456 e. The van der Waals surface area contributed by atoms with E-state index in [9.17, 15) is 0 Å². The lowest BCUT2D eigenvalue weighted by atomic mass is 9.95. The Morgan fingerprint density at radius 3 is 2.16 bits per heavy atom. The molecule has 6 heteroatoms. The fourth-order valence-electron chi connectivity index (χ4n) is 9.05. The van der Waals surface area contributed by atoms with Gasteiger partial charge in [0, 0.05) is 65.1 Å². The Kier molecular flexibility index (Phi) is 7.22. The van der Waals surface area contributed by atoms with Gasteiger partial charge in [-0.15, -0.1) is 11.3 Å². The number of hydrogen-bond acceptors (Lipinski definition) is 5. The lowest BCUT2D eigenvalue weighted by Crippen LogP contribution is -2.33. The molecule has 10 aromatic rings. The van der Waals surface area contributed by atoms with Gasteiger partial charge in [-0.25, -0.2) is 9.98 Å². The third-order valence-corrected chi connectivity index (χ3v) is 12.8. The summed E-state index contributed by atoms with van der Waals surface area (Å²) in [6.45, 7) is 0. The van der Waals surface area contributed by atoms with Crippen molar-refractivity contribution in [2.45, 2.75) is 19.0 Å². The first-order valence-corrected chi connectivity index (χ1v) is 20.3. The summed E-state index contributed by atoms with van der Waals surface area (Å²) in [5.74, 6) is 1.49. The number of aromatic nitrogens is 1. The Morgan fingerprint density at radius 1 is 0.614 bits per heavy atom. The molecule has 1 N–H and O–H groups in total. The predicted molar refractivity (Wildman–Crippen MR) is 238 cm³/mol. The summed E-state index contributed by atoms with van der Waals surface area (Å²) in [7, 11) is 0. The van der Waals surface area contributed by atoms with Crippen LogP contribution in [-0.4, -0.2) is 16.2 Å². The maximum atomic E-state index is 6.69. The molecule has 0 saturated heterocycles. The highest BCUT2D eigenvalue weighted by molar-refractivity contribution is 7.26. The van der Waals surface area contributed by atoms with Gasteiger partial charge >= 0.3 is 0 Å². The molecular weight excluding hydrogens is 717 g/mol. The zero-order valence-corrected chi connectivity index (χ0v) is 31.6. The predicted octanol–water partition coefficient (Wildman–Crippen LogP) is 13.0. The highest BCUT2D eigenvalue weighted by Gasteiger charge is 2.27. The number of hydrogen-bond donors (Lipinski definition) is 1. The molecule has 1 atom stereocenters. The third kappa shape index (κ3) is 5.00. The quantitative estimate of drug-likeness (QED) is 0.190. The number of benzene rings is 7. The van der Waals surface area contributed by atoms with Crippen molar-refractivity contribution in [3.05, 3.63) is 192 Å². The molecule has 0 fully saturated rings. The van der Waals surface area contributed by atoms with E-state index in [1.54, 1.807) is 0 Å². The second-order valence-corrected chi connectivity index (χ2v) is 15.8. The summed E-state index contributed by atoms with van der Waals surface area (Å²) in [6, 6.07) is 55.7. The van der Waals surface area contributed by atoms with E-state index in [0.29, 0.717) is 5.84 Å². The molecule has 5 nitrogen and oxygen atoms in total. The number of amidine groups is 2. The highest BCUT2D eigenvalue weighted by Crippen LogP contribution is 2.47. The van der Waals surface area contributed by atoms with Gasteiger partial charge in [-0.2, -0.15) is 0 Å². The van der Waals surface area contributed by atoms with Crippen LogP contribution in [0.1, 0.15) is 40.5 Å². The summed E-state index contributed by atoms with van der Waals surface area (Å²) in [5.41, 5.74) is 12.3. The summed E-state index contributed by atoms with van der Waals surface area (Å²) in [5, 5.41) is 9.71. The minimum absolute atomic E-state index is 0.398. The van der Waals surface area contributed by atoms with Crippen molar-refractivity contribution in [3.8, 4) is 16.8 Å². The first-order valence-electron chi connectivity index (χ1n) is 19.5. The first-order chi connectivity index (χ1) is 28.3. The van der Waals surface area contributed by atoms with Crippen molar-refractivity contribution >= 4 is 82.1 Å². The van der Waals surface area contributed by atoms with Crippen LogP contribution in [0.2, 0.25) is 0 Å². The zero-order valence-electron chi connectivity index (χ0n) is 30.8. The van der Waals surface area contributed by atoms with Crippen LogP contribution in [0, 0.1) is 0 Å². The highest BCUT2D eigenvalue weighted by atomic mass is 32.1. The van der Waals surface area contributed by atoms with Crippen LogP contribution in [0.4, 0.5) is 0 Å². The van der Waals surface area contributed by atoms with Gasteiger partial charge in [-0.1, -0.05) is 146 Å². The van der Waals surface area contributed by atoms with E-state index in [2.05, 4.69) is 143 Å². The molecule has 0 bridgehead atoms. The fraction of sp³-hybridized carbons (Fsp3) is 0.0588. The molecule has 7 aromatic carbocycles. The maximum absolute atomic E-state index is 6.69. The van der Waals surface area contributed by atoms with E-state index < -0.39 is 6.17 Å². The number of fused-ring (bicyclic) bond motifs is 9. The minimum atomic E-state index is -0.398. The molecule has 3 aromatic heterocycles. The number of allylic oxidation sites excluding steroid dienone is 1. The second kappa shape index (κ2) is 12.8. The Balaban J connectivity index is 1.07. The normalized spacial score (nSPS) is 15.3. The molecule has 57 heavy (non-hydrogen) atoms. The number of furan rings is 1. The molecule has 2 aliphatic rings. The number of aliphatic imine (C=N–C) groups is 2. The van der Waals surface area contributed by atoms with Crippen molar-refractivity contribution in [1.29, 1.82) is 0 Å². The molecule has 0 radical (unpaired) electrons. The Hall–Kier alpha value is -7.02. The van der Waals surface area contributed by atoms with Gasteiger partial charge in [0.2, 0.25) is 0 Å². The molecule has 0 amide bonds. The van der Waals surface area contributed by atoms with Gasteiger partial charge in [0.1, 0.15) is 23.2 Å². The molecule has 4 heterocycles. The standard InChI is InChI=1S/C51H34N4OS/c1-3-15-31(16-4-1)49-52-50(32-17-5-2-6-18-32)54-51(53-49)39-25-14-30-44-46(39)45-35(21-13-29-43(45)56-44)36-22-11-23-37-38-24-12-28-42(48(38)57-47(36)37)55-40-26-9-7-19-33(40)34-20-8-10-27-41(34)55/h1-9,11-26,28-30,51H,10,27H2,(H,52,53,54). The second-order valence-electron chi connectivity index (χ2n) is 14.8. The van der Waals surface area contributed by atoms with Crippen molar-refractivity contribution in [2.24, 2.45) is 9.98 Å².